The Morgan fingerprint density at radius 2 is 2.04 bits per heavy atom. The first-order chi connectivity index (χ1) is 12.0. The molecule has 0 aliphatic heterocycles. The van der Waals surface area contributed by atoms with Crippen molar-refractivity contribution in [3.05, 3.63) is 62.9 Å². The summed E-state index contributed by atoms with van der Waals surface area (Å²) in [5.41, 5.74) is 1.74. The minimum absolute atomic E-state index is 0.0766. The Balaban J connectivity index is 1.64. The lowest BCUT2D eigenvalue weighted by Crippen LogP contribution is -2.20. The van der Waals surface area contributed by atoms with Crippen molar-refractivity contribution in [2.24, 2.45) is 0 Å². The maximum absolute atomic E-state index is 12.1. The number of anilines is 1. The van der Waals surface area contributed by atoms with Crippen molar-refractivity contribution in [2.45, 2.75) is 6.92 Å². The van der Waals surface area contributed by atoms with E-state index in [0.29, 0.717) is 15.9 Å². The molecule has 1 N–H and O–H groups in total. The smallest absolute Gasteiger partial charge is 0.264 e. The van der Waals surface area contributed by atoms with Gasteiger partial charge in [-0.05, 0) is 43.3 Å². The third-order valence-electron chi connectivity index (χ3n) is 3.32. The number of aryl methyl sites for hydroxylation is 1. The highest BCUT2D eigenvalue weighted by molar-refractivity contribution is 9.10. The number of thiazole rings is 1. The molecule has 1 heterocycles. The van der Waals surface area contributed by atoms with E-state index in [4.69, 9.17) is 16.3 Å². The average molecular weight is 438 g/mol. The van der Waals surface area contributed by atoms with E-state index in [1.807, 2.05) is 43.3 Å². The number of carbonyl (C=O) groups is 1. The Morgan fingerprint density at radius 1 is 1.28 bits per heavy atom. The number of nitrogens with one attached hydrogen (secondary N) is 1. The van der Waals surface area contributed by atoms with Crippen LogP contribution in [0.25, 0.3) is 11.3 Å². The van der Waals surface area contributed by atoms with Crippen LogP contribution in [0.5, 0.6) is 5.75 Å². The number of amides is 1. The Bertz CT molecular complexity index is 896. The van der Waals surface area contributed by atoms with Crippen LogP contribution in [0.1, 0.15) is 4.88 Å². The van der Waals surface area contributed by atoms with Crippen LogP contribution in [0.4, 0.5) is 5.13 Å². The van der Waals surface area contributed by atoms with Gasteiger partial charge in [0.15, 0.2) is 11.7 Å². The Labute approximate surface area is 162 Å². The largest absolute Gasteiger partial charge is 0.484 e. The normalized spacial score (nSPS) is 10.5. The van der Waals surface area contributed by atoms with Gasteiger partial charge in [-0.2, -0.15) is 0 Å². The second-order valence-electron chi connectivity index (χ2n) is 5.22. The number of ether oxygens (including phenoxy) is 1. The second kappa shape index (κ2) is 7.99. The fourth-order valence-corrected chi connectivity index (χ4v) is 3.50. The van der Waals surface area contributed by atoms with Crippen molar-refractivity contribution in [2.75, 3.05) is 11.9 Å². The molecule has 128 valence electrons. The van der Waals surface area contributed by atoms with Crippen LogP contribution < -0.4 is 10.1 Å². The number of carbonyl (C=O) groups excluding carboxylic acids is 1. The fraction of sp³-hybridized carbons (Fsp3) is 0.111. The van der Waals surface area contributed by atoms with Crippen molar-refractivity contribution in [1.82, 2.24) is 4.98 Å². The molecule has 0 fully saturated rings. The van der Waals surface area contributed by atoms with Gasteiger partial charge in [0.2, 0.25) is 0 Å². The van der Waals surface area contributed by atoms with Crippen molar-refractivity contribution in [3.63, 3.8) is 0 Å². The molecule has 0 saturated heterocycles. The summed E-state index contributed by atoms with van der Waals surface area (Å²) >= 11 is 10.8. The van der Waals surface area contributed by atoms with Crippen LogP contribution in [-0.2, 0) is 4.79 Å². The van der Waals surface area contributed by atoms with Crippen LogP contribution in [-0.4, -0.2) is 17.5 Å². The summed E-state index contributed by atoms with van der Waals surface area (Å²) in [7, 11) is 0. The first kappa shape index (κ1) is 17.9. The van der Waals surface area contributed by atoms with Gasteiger partial charge in [0, 0.05) is 19.9 Å². The number of aromatic nitrogens is 1. The second-order valence-corrected chi connectivity index (χ2v) is 7.78. The van der Waals surface area contributed by atoms with Gasteiger partial charge in [-0.25, -0.2) is 4.98 Å². The lowest BCUT2D eigenvalue weighted by atomic mass is 10.1. The minimum Gasteiger partial charge on any atom is -0.484 e. The molecule has 25 heavy (non-hydrogen) atoms. The summed E-state index contributed by atoms with van der Waals surface area (Å²) < 4.78 is 6.41. The summed E-state index contributed by atoms with van der Waals surface area (Å²) in [4.78, 5) is 17.6. The Hall–Kier alpha value is -1.89. The molecule has 3 rings (SSSR count). The molecule has 4 nitrogen and oxygen atoms in total. The van der Waals surface area contributed by atoms with Crippen LogP contribution in [0.2, 0.25) is 5.02 Å². The van der Waals surface area contributed by atoms with E-state index < -0.39 is 0 Å². The molecule has 0 unspecified atom stereocenters. The number of halogens is 2. The van der Waals surface area contributed by atoms with Crippen molar-refractivity contribution in [1.29, 1.82) is 0 Å². The molecule has 0 spiro atoms. The topological polar surface area (TPSA) is 51.2 Å². The highest BCUT2D eigenvalue weighted by Crippen LogP contribution is 2.31. The number of nitrogens with zero attached hydrogens (tertiary/aromatic N) is 1. The van der Waals surface area contributed by atoms with Crippen molar-refractivity contribution >= 4 is 49.9 Å². The summed E-state index contributed by atoms with van der Waals surface area (Å²) in [5, 5.41) is 3.96. The van der Waals surface area contributed by atoms with Gasteiger partial charge in [0.1, 0.15) is 5.75 Å². The van der Waals surface area contributed by atoms with Gasteiger partial charge in [0.05, 0.1) is 5.69 Å². The molecule has 0 aliphatic carbocycles. The first-order valence-corrected chi connectivity index (χ1v) is 9.41. The molecule has 2 aromatic carbocycles. The van der Waals surface area contributed by atoms with Crippen LogP contribution in [0, 0.1) is 6.92 Å². The highest BCUT2D eigenvalue weighted by atomic mass is 79.9. The number of benzene rings is 2. The lowest BCUT2D eigenvalue weighted by molar-refractivity contribution is -0.118. The monoisotopic (exact) mass is 436 g/mol. The van der Waals surface area contributed by atoms with Crippen LogP contribution >= 0.6 is 38.9 Å². The SMILES string of the molecule is Cc1sc(NC(=O)COc2ccc(Br)cc2)nc1-c1cccc(Cl)c1. The molecule has 7 heteroatoms. The maximum Gasteiger partial charge on any atom is 0.264 e. The quantitative estimate of drug-likeness (QED) is 0.569. The van der Waals surface area contributed by atoms with E-state index in [2.05, 4.69) is 26.2 Å². The average Bonchev–Trinajstić information content (AvgIpc) is 2.94. The third-order valence-corrected chi connectivity index (χ3v) is 4.97. The molecular weight excluding hydrogens is 424 g/mol. The van der Waals surface area contributed by atoms with Crippen molar-refractivity contribution < 1.29 is 9.53 Å². The molecule has 1 aromatic heterocycles. The predicted octanol–water partition coefficient (Wildman–Crippen LogP) is 5.55. The zero-order chi connectivity index (χ0) is 17.8. The summed E-state index contributed by atoms with van der Waals surface area (Å²) in [6.07, 6.45) is 0. The highest BCUT2D eigenvalue weighted by Gasteiger charge is 2.12. The molecular formula is C18H14BrClN2O2S. The van der Waals surface area contributed by atoms with E-state index in [1.165, 1.54) is 11.3 Å². The van der Waals surface area contributed by atoms with Gasteiger partial charge in [-0.1, -0.05) is 39.7 Å². The van der Waals surface area contributed by atoms with Gasteiger partial charge < -0.3 is 4.74 Å². The van der Waals surface area contributed by atoms with Crippen LogP contribution in [0.15, 0.2) is 53.0 Å². The summed E-state index contributed by atoms with van der Waals surface area (Å²) in [5.74, 6) is 0.377. The summed E-state index contributed by atoms with van der Waals surface area (Å²) in [6, 6.07) is 14.8. The molecule has 0 saturated carbocycles. The zero-order valence-electron chi connectivity index (χ0n) is 13.3. The number of hydrogen-bond donors (Lipinski definition) is 1. The van der Waals surface area contributed by atoms with E-state index in [1.54, 1.807) is 12.1 Å². The standard InChI is InChI=1S/C18H14BrClN2O2S/c1-11-17(12-3-2-4-14(20)9-12)22-18(25-11)21-16(23)10-24-15-7-5-13(19)6-8-15/h2-9H,10H2,1H3,(H,21,22,23). The molecule has 0 bridgehead atoms. The number of rotatable bonds is 5. The zero-order valence-corrected chi connectivity index (χ0v) is 16.4. The van der Waals surface area contributed by atoms with Crippen LogP contribution in [0.3, 0.4) is 0 Å². The van der Waals surface area contributed by atoms with E-state index in [-0.39, 0.29) is 12.5 Å². The Morgan fingerprint density at radius 3 is 2.76 bits per heavy atom. The van der Waals surface area contributed by atoms with E-state index >= 15 is 0 Å². The molecule has 0 radical (unpaired) electrons. The molecule has 1 amide bonds. The van der Waals surface area contributed by atoms with Gasteiger partial charge in [-0.15, -0.1) is 11.3 Å². The van der Waals surface area contributed by atoms with E-state index in [0.717, 1.165) is 20.6 Å². The van der Waals surface area contributed by atoms with Crippen molar-refractivity contribution in [3.8, 4) is 17.0 Å². The van der Waals surface area contributed by atoms with Gasteiger partial charge >= 0.3 is 0 Å². The molecule has 0 aliphatic rings. The predicted molar refractivity (Wildman–Crippen MR) is 106 cm³/mol. The number of hydrogen-bond acceptors (Lipinski definition) is 4. The van der Waals surface area contributed by atoms with Gasteiger partial charge in [0.25, 0.3) is 5.91 Å². The lowest BCUT2D eigenvalue weighted by Gasteiger charge is -2.05. The third kappa shape index (κ3) is 4.81. The first-order valence-electron chi connectivity index (χ1n) is 7.43. The van der Waals surface area contributed by atoms with Gasteiger partial charge in [-0.3, -0.25) is 10.1 Å². The fourth-order valence-electron chi connectivity index (χ4n) is 2.19. The van der Waals surface area contributed by atoms with E-state index in [9.17, 15) is 4.79 Å². The summed E-state index contributed by atoms with van der Waals surface area (Å²) in [6.45, 7) is 1.88. The minimum atomic E-state index is -0.255. The Kier molecular flexibility index (Phi) is 5.73. The maximum atomic E-state index is 12.1. The molecule has 0 atom stereocenters. The molecule has 3 aromatic rings.